The molecule has 2 aromatic carbocycles. The van der Waals surface area contributed by atoms with E-state index >= 15 is 0 Å². The molecule has 10 aromatic heterocycles. The highest BCUT2D eigenvalue weighted by Crippen LogP contribution is 2.34. The van der Waals surface area contributed by atoms with Gasteiger partial charge >= 0.3 is 0 Å². The number of aryl methyl sites for hydroxylation is 23. The average molecular weight is 1250 g/mol. The standard InChI is InChI=1S/C15H21N.C12H15NO.4C4H6N2O.4C4H6N2S/c1-8-9(2)11(4)15-14(10(8)3)12(5)13(6)16(15)7;1-6-7(2)9(4)12-11(8(6)3)13-10(5)14-12;2*1-3-5-4(2)7-6-3;1-3-4(2)7-6-5-3;1-3-4(2)6-7-5-3;2*1-3-5-4(2)7-6-3;1-3-4(2)7-6-5-3;1-3-4(2)6-7-5-3/h1-7H3;1-5H3;8*1-2H3. The predicted octanol–water partition coefficient (Wildman–Crippen LogP) is 14.8. The van der Waals surface area contributed by atoms with E-state index < -0.39 is 0 Å². The summed E-state index contributed by atoms with van der Waals surface area (Å²) in [6.07, 6.45) is 0. The van der Waals surface area contributed by atoms with Crippen LogP contribution in [0.4, 0.5) is 0 Å². The lowest BCUT2D eigenvalue weighted by atomic mass is 9.94. The van der Waals surface area contributed by atoms with Gasteiger partial charge < -0.3 is 22.6 Å². The van der Waals surface area contributed by atoms with Crippen LogP contribution in [0.5, 0.6) is 0 Å². The van der Waals surface area contributed by atoms with Gasteiger partial charge in [0.15, 0.2) is 28.9 Å². The maximum absolute atomic E-state index is 5.60. The first kappa shape index (κ1) is 72.5. The van der Waals surface area contributed by atoms with Crippen LogP contribution in [0.1, 0.15) is 152 Å². The summed E-state index contributed by atoms with van der Waals surface area (Å²) in [5.74, 6) is 5.92. The van der Waals surface area contributed by atoms with Gasteiger partial charge in [0.1, 0.15) is 44.3 Å². The van der Waals surface area contributed by atoms with Gasteiger partial charge in [-0.3, -0.25) is 0 Å². The van der Waals surface area contributed by atoms with Crippen LogP contribution in [-0.2, 0) is 7.05 Å². The molecule has 12 rings (SSSR count). The summed E-state index contributed by atoms with van der Waals surface area (Å²) in [6, 6.07) is 0. The van der Waals surface area contributed by atoms with E-state index in [0.717, 1.165) is 78.6 Å². The molecule has 0 radical (unpaired) electrons. The van der Waals surface area contributed by atoms with Gasteiger partial charge in [-0.1, -0.05) is 25.1 Å². The largest absolute Gasteiger partial charge is 0.441 e. The molecule has 0 bridgehead atoms. The van der Waals surface area contributed by atoms with Crippen LogP contribution in [0.25, 0.3) is 22.0 Å². The highest BCUT2D eigenvalue weighted by atomic mass is 32.1. The molecule has 0 saturated carbocycles. The van der Waals surface area contributed by atoms with E-state index in [2.05, 4.69) is 182 Å². The third kappa shape index (κ3) is 22.0. The minimum atomic E-state index is 0.623. The van der Waals surface area contributed by atoms with Crippen LogP contribution in [0.15, 0.2) is 22.6 Å². The van der Waals surface area contributed by atoms with Crippen molar-refractivity contribution in [1.82, 2.24) is 87.6 Å². The molecule has 23 nitrogen and oxygen atoms in total. The monoisotopic (exact) mass is 1250 g/mol. The number of nitrogens with zero attached hydrogens (tertiary/aromatic N) is 18. The second-order valence-electron chi connectivity index (χ2n) is 20.0. The van der Waals surface area contributed by atoms with Crippen molar-refractivity contribution in [1.29, 1.82) is 0 Å². The average Bonchev–Trinajstić information content (AvgIpc) is 1.67. The summed E-state index contributed by atoms with van der Waals surface area (Å²) in [5, 5.41) is 28.3. The lowest BCUT2D eigenvalue weighted by Gasteiger charge is -2.12. The molecule has 0 N–H and O–H groups in total. The maximum atomic E-state index is 5.60. The van der Waals surface area contributed by atoms with Gasteiger partial charge in [0.2, 0.25) is 11.8 Å². The third-order valence-electron chi connectivity index (χ3n) is 13.6. The summed E-state index contributed by atoms with van der Waals surface area (Å²) in [4.78, 5) is 21.3. The summed E-state index contributed by atoms with van der Waals surface area (Å²) in [6.45, 7) is 53.8. The third-order valence-corrected chi connectivity index (χ3v) is 16.4. The number of hydrogen-bond acceptors (Lipinski definition) is 26. The summed E-state index contributed by atoms with van der Waals surface area (Å²) in [7, 11) is 2.17. The Balaban J connectivity index is 0.000000255. The number of fused-ring (bicyclic) bond motifs is 2. The predicted molar refractivity (Wildman–Crippen MR) is 342 cm³/mol. The molecule has 0 unspecified atom stereocenters. The second kappa shape index (κ2) is 34.4. The van der Waals surface area contributed by atoms with E-state index in [4.69, 9.17) is 4.42 Å². The van der Waals surface area contributed by atoms with Crippen LogP contribution in [0, 0.1) is 187 Å². The van der Waals surface area contributed by atoms with Crippen molar-refractivity contribution in [2.75, 3.05) is 0 Å². The molecule has 0 aliphatic carbocycles. The van der Waals surface area contributed by atoms with Crippen LogP contribution in [-0.4, -0.2) is 87.6 Å². The molecule has 0 saturated heterocycles. The molecule has 86 heavy (non-hydrogen) atoms. The first-order chi connectivity index (χ1) is 40.3. The molecular weight excluding hydrogens is 1170 g/mol. The highest BCUT2D eigenvalue weighted by Gasteiger charge is 2.17. The number of benzene rings is 2. The second-order valence-corrected chi connectivity index (χ2v) is 23.4. The topological polar surface area (TPSA) is 290 Å². The minimum Gasteiger partial charge on any atom is -0.441 e. The molecule has 464 valence electrons. The van der Waals surface area contributed by atoms with Crippen molar-refractivity contribution >= 4 is 68.3 Å². The Morgan fingerprint density at radius 3 is 1.13 bits per heavy atom. The van der Waals surface area contributed by atoms with Crippen LogP contribution < -0.4 is 0 Å². The van der Waals surface area contributed by atoms with E-state index in [1.807, 2.05) is 90.0 Å². The van der Waals surface area contributed by atoms with E-state index in [1.165, 1.54) is 118 Å². The first-order valence-corrected chi connectivity index (χ1v) is 30.3. The maximum Gasteiger partial charge on any atom is 0.223 e. The van der Waals surface area contributed by atoms with Crippen molar-refractivity contribution in [3.8, 4) is 0 Å². The summed E-state index contributed by atoms with van der Waals surface area (Å²) in [5.41, 5.74) is 22.7. The Kier molecular flexibility index (Phi) is 29.0. The van der Waals surface area contributed by atoms with Gasteiger partial charge in [0, 0.05) is 49.0 Å². The molecule has 27 heteroatoms. The fourth-order valence-electron chi connectivity index (χ4n) is 7.33. The van der Waals surface area contributed by atoms with E-state index in [9.17, 15) is 0 Å². The van der Waals surface area contributed by atoms with Gasteiger partial charge in [-0.2, -0.15) is 27.5 Å². The Morgan fingerprint density at radius 1 is 0.372 bits per heavy atom. The van der Waals surface area contributed by atoms with Crippen molar-refractivity contribution < 1.29 is 22.6 Å². The molecule has 0 fully saturated rings. The number of hydrogen-bond donors (Lipinski definition) is 0. The fourth-order valence-corrected chi connectivity index (χ4v) is 9.29. The lowest BCUT2D eigenvalue weighted by Crippen LogP contribution is -1.97. The molecule has 0 aliphatic rings. The highest BCUT2D eigenvalue weighted by molar-refractivity contribution is 7.05. The molecule has 0 spiro atoms. The Labute approximate surface area is 521 Å². The minimum absolute atomic E-state index is 0.623. The molecule has 12 aromatic rings. The quantitative estimate of drug-likeness (QED) is 0.136. The van der Waals surface area contributed by atoms with Crippen molar-refractivity contribution in [3.05, 3.63) is 152 Å². The van der Waals surface area contributed by atoms with E-state index in [-0.39, 0.29) is 0 Å². The number of aromatic nitrogens is 18. The zero-order valence-electron chi connectivity index (χ0n) is 55.2. The summed E-state index contributed by atoms with van der Waals surface area (Å²) >= 11 is 5.60. The first-order valence-electron chi connectivity index (χ1n) is 27.2. The SMILES string of the molecule is Cc1c(C)c(C)c2c(c1C)c(C)c(C)n2C.Cc1nc2c(C)c(C)c(C)c(C)c2o1.Cc1nnoc1C.Cc1nnsc1C.Cc1noc(C)n1.Cc1noc(C)n1.Cc1nonc1C.Cc1nsc(C)n1.Cc1nsc(C)n1.Cc1nsnc1C. The zero-order chi connectivity index (χ0) is 64.9. The Bertz CT molecular complexity index is 3460. The molecule has 10 heterocycles. The molecule has 0 amide bonds. The van der Waals surface area contributed by atoms with Gasteiger partial charge in [-0.05, 0) is 251 Å². The van der Waals surface area contributed by atoms with Gasteiger partial charge in [0.25, 0.3) is 0 Å². The molecular formula is C59H84N18O5S4. The number of rotatable bonds is 0. The van der Waals surface area contributed by atoms with Crippen molar-refractivity contribution in [3.63, 3.8) is 0 Å². The normalized spacial score (nSPS) is 10.1. The van der Waals surface area contributed by atoms with Crippen molar-refractivity contribution in [2.24, 2.45) is 7.05 Å². The fraction of sp³-hybridized carbons (Fsp3) is 0.475. The van der Waals surface area contributed by atoms with Gasteiger partial charge in [0.05, 0.1) is 34.3 Å². The summed E-state index contributed by atoms with van der Waals surface area (Å²) < 4.78 is 45.6. The zero-order valence-corrected chi connectivity index (χ0v) is 58.5. The van der Waals surface area contributed by atoms with Gasteiger partial charge in [-0.25, -0.2) is 19.6 Å². The molecule has 0 atom stereocenters. The molecule has 0 aliphatic heterocycles. The lowest BCUT2D eigenvalue weighted by molar-refractivity contribution is 0.302. The van der Waals surface area contributed by atoms with Crippen LogP contribution in [0.2, 0.25) is 0 Å². The Hall–Kier alpha value is -7.75. The van der Waals surface area contributed by atoms with Gasteiger partial charge in [-0.15, -0.1) is 10.2 Å². The van der Waals surface area contributed by atoms with Crippen LogP contribution in [0.3, 0.4) is 0 Å². The van der Waals surface area contributed by atoms with E-state index in [0.29, 0.717) is 23.4 Å². The number of oxazole rings is 1. The smallest absolute Gasteiger partial charge is 0.223 e. The van der Waals surface area contributed by atoms with Crippen molar-refractivity contribution in [2.45, 2.75) is 187 Å². The van der Waals surface area contributed by atoms with E-state index in [1.54, 1.807) is 27.7 Å². The Morgan fingerprint density at radius 2 is 0.849 bits per heavy atom. The van der Waals surface area contributed by atoms with Crippen LogP contribution >= 0.6 is 46.3 Å².